The van der Waals surface area contributed by atoms with Crippen molar-refractivity contribution in [1.82, 2.24) is 15.5 Å². The second-order valence-corrected chi connectivity index (χ2v) is 6.90. The number of aliphatic imine (C=N–C) groups is 1. The zero-order valence-corrected chi connectivity index (χ0v) is 17.4. The summed E-state index contributed by atoms with van der Waals surface area (Å²) in [6.07, 6.45) is 6.33. The molecule has 0 saturated carbocycles. The van der Waals surface area contributed by atoms with Crippen molar-refractivity contribution in [1.29, 1.82) is 0 Å². The van der Waals surface area contributed by atoms with Gasteiger partial charge in [-0.05, 0) is 53.0 Å². The predicted octanol–water partition coefficient (Wildman–Crippen LogP) is 2.60. The van der Waals surface area contributed by atoms with E-state index in [-0.39, 0.29) is 29.6 Å². The van der Waals surface area contributed by atoms with Gasteiger partial charge in [-0.25, -0.2) is 0 Å². The molecule has 5 nitrogen and oxygen atoms in total. The Hall–Kier alpha value is -0.0800. The fourth-order valence-corrected chi connectivity index (χ4v) is 3.36. The minimum absolute atomic E-state index is 0. The maximum atomic E-state index is 5.81. The smallest absolute Gasteiger partial charge is 0.191 e. The highest BCUT2D eigenvalue weighted by molar-refractivity contribution is 14.0. The van der Waals surface area contributed by atoms with Crippen LogP contribution in [0.3, 0.4) is 0 Å². The van der Waals surface area contributed by atoms with Crippen LogP contribution in [0.15, 0.2) is 4.99 Å². The average molecular weight is 438 g/mol. The molecule has 0 radical (unpaired) electrons. The van der Waals surface area contributed by atoms with Crippen LogP contribution in [0.4, 0.5) is 0 Å². The van der Waals surface area contributed by atoms with E-state index < -0.39 is 0 Å². The van der Waals surface area contributed by atoms with Crippen molar-refractivity contribution in [2.45, 2.75) is 64.5 Å². The SMILES string of the molecule is CCNC(=NCC1(C)CCCO1)NCCN1CCCCC1C.I. The highest BCUT2D eigenvalue weighted by atomic mass is 127. The van der Waals surface area contributed by atoms with Gasteiger partial charge >= 0.3 is 0 Å². The first kappa shape index (κ1) is 21.0. The maximum Gasteiger partial charge on any atom is 0.191 e. The molecule has 2 aliphatic rings. The van der Waals surface area contributed by atoms with Crippen LogP contribution in [-0.2, 0) is 4.74 Å². The summed E-state index contributed by atoms with van der Waals surface area (Å²) in [7, 11) is 0. The number of ether oxygens (including phenoxy) is 1. The Kier molecular flexibility index (Phi) is 9.77. The fourth-order valence-electron chi connectivity index (χ4n) is 3.36. The summed E-state index contributed by atoms with van der Waals surface area (Å²) in [4.78, 5) is 7.30. The zero-order valence-electron chi connectivity index (χ0n) is 15.1. The molecule has 2 atom stereocenters. The quantitative estimate of drug-likeness (QED) is 0.380. The fraction of sp³-hybridized carbons (Fsp3) is 0.941. The molecule has 0 amide bonds. The van der Waals surface area contributed by atoms with Gasteiger partial charge in [0.05, 0.1) is 12.1 Å². The normalized spacial score (nSPS) is 29.2. The van der Waals surface area contributed by atoms with Crippen molar-refractivity contribution in [3.8, 4) is 0 Å². The predicted molar refractivity (Wildman–Crippen MR) is 108 cm³/mol. The molecule has 2 N–H and O–H groups in total. The van der Waals surface area contributed by atoms with E-state index in [0.717, 1.165) is 57.6 Å². The number of likely N-dealkylation sites (tertiary alicyclic amines) is 1. The van der Waals surface area contributed by atoms with Gasteiger partial charge < -0.3 is 15.4 Å². The molecule has 0 spiro atoms. The second-order valence-electron chi connectivity index (χ2n) is 6.90. The molecule has 2 saturated heterocycles. The van der Waals surface area contributed by atoms with E-state index in [4.69, 9.17) is 9.73 Å². The first-order chi connectivity index (χ1) is 10.6. The number of hydrogen-bond donors (Lipinski definition) is 2. The summed E-state index contributed by atoms with van der Waals surface area (Å²) in [5.74, 6) is 0.920. The second kappa shape index (κ2) is 10.7. The highest BCUT2D eigenvalue weighted by Crippen LogP contribution is 2.24. The van der Waals surface area contributed by atoms with Gasteiger partial charge in [-0.1, -0.05) is 6.42 Å². The van der Waals surface area contributed by atoms with Crippen LogP contribution in [0.2, 0.25) is 0 Å². The Morgan fingerprint density at radius 1 is 1.30 bits per heavy atom. The average Bonchev–Trinajstić information content (AvgIpc) is 2.94. The van der Waals surface area contributed by atoms with Gasteiger partial charge in [0.1, 0.15) is 0 Å². The lowest BCUT2D eigenvalue weighted by molar-refractivity contribution is 0.0283. The number of nitrogens with one attached hydrogen (secondary N) is 2. The summed E-state index contributed by atoms with van der Waals surface area (Å²) >= 11 is 0. The molecule has 136 valence electrons. The number of halogens is 1. The van der Waals surface area contributed by atoms with Crippen molar-refractivity contribution in [2.24, 2.45) is 4.99 Å². The largest absolute Gasteiger partial charge is 0.373 e. The molecular weight excluding hydrogens is 403 g/mol. The first-order valence-corrected chi connectivity index (χ1v) is 9.03. The Balaban J connectivity index is 0.00000264. The molecule has 2 unspecified atom stereocenters. The van der Waals surface area contributed by atoms with Crippen molar-refractivity contribution in [3.63, 3.8) is 0 Å². The minimum atomic E-state index is -0.0657. The summed E-state index contributed by atoms with van der Waals surface area (Å²) in [5.41, 5.74) is -0.0657. The van der Waals surface area contributed by atoms with Gasteiger partial charge in [-0.15, -0.1) is 24.0 Å². The van der Waals surface area contributed by atoms with Crippen molar-refractivity contribution in [3.05, 3.63) is 0 Å². The van der Waals surface area contributed by atoms with Crippen LogP contribution in [0.1, 0.15) is 52.9 Å². The van der Waals surface area contributed by atoms with E-state index in [1.54, 1.807) is 0 Å². The van der Waals surface area contributed by atoms with Crippen LogP contribution in [0.25, 0.3) is 0 Å². The van der Waals surface area contributed by atoms with E-state index in [1.165, 1.54) is 25.8 Å². The van der Waals surface area contributed by atoms with E-state index >= 15 is 0 Å². The Labute approximate surface area is 159 Å². The van der Waals surface area contributed by atoms with Gasteiger partial charge in [-0.3, -0.25) is 9.89 Å². The summed E-state index contributed by atoms with van der Waals surface area (Å²) in [6.45, 7) is 12.4. The lowest BCUT2D eigenvalue weighted by Crippen LogP contribution is -2.45. The number of piperidine rings is 1. The van der Waals surface area contributed by atoms with Crippen molar-refractivity contribution in [2.75, 3.05) is 39.3 Å². The molecule has 0 aromatic carbocycles. The molecule has 2 aliphatic heterocycles. The van der Waals surface area contributed by atoms with Crippen LogP contribution in [0.5, 0.6) is 0 Å². The standard InChI is InChI=1S/C17H34N4O.HI/c1-4-18-16(20-14-17(3)9-7-13-22-17)19-10-12-21-11-6-5-8-15(21)2;/h15H,4-14H2,1-3H3,(H2,18,19,20);1H. The molecule has 0 aliphatic carbocycles. The molecule has 2 heterocycles. The van der Waals surface area contributed by atoms with Gasteiger partial charge in [0.2, 0.25) is 0 Å². The van der Waals surface area contributed by atoms with Gasteiger partial charge in [0.25, 0.3) is 0 Å². The van der Waals surface area contributed by atoms with E-state index in [2.05, 4.69) is 36.3 Å². The molecule has 2 rings (SSSR count). The number of nitrogens with zero attached hydrogens (tertiary/aromatic N) is 2. The third-order valence-corrected chi connectivity index (χ3v) is 4.85. The molecule has 23 heavy (non-hydrogen) atoms. The number of rotatable bonds is 6. The Bertz CT molecular complexity index is 359. The third kappa shape index (κ3) is 7.13. The molecule has 0 aromatic rings. The van der Waals surface area contributed by atoms with E-state index in [9.17, 15) is 0 Å². The van der Waals surface area contributed by atoms with Crippen LogP contribution >= 0.6 is 24.0 Å². The van der Waals surface area contributed by atoms with Gasteiger partial charge in [-0.2, -0.15) is 0 Å². The maximum absolute atomic E-state index is 5.81. The number of hydrogen-bond acceptors (Lipinski definition) is 3. The Morgan fingerprint density at radius 3 is 2.78 bits per heavy atom. The Morgan fingerprint density at radius 2 is 2.13 bits per heavy atom. The van der Waals surface area contributed by atoms with Crippen LogP contribution in [-0.4, -0.2) is 61.8 Å². The zero-order chi connectivity index (χ0) is 15.8. The van der Waals surface area contributed by atoms with Gasteiger partial charge in [0.15, 0.2) is 5.96 Å². The monoisotopic (exact) mass is 438 g/mol. The third-order valence-electron chi connectivity index (χ3n) is 4.85. The molecular formula is C17H35IN4O. The topological polar surface area (TPSA) is 48.9 Å². The molecule has 0 aromatic heterocycles. The van der Waals surface area contributed by atoms with Gasteiger partial charge in [0, 0.05) is 32.3 Å². The molecule has 2 fully saturated rings. The van der Waals surface area contributed by atoms with E-state index in [1.807, 2.05) is 0 Å². The minimum Gasteiger partial charge on any atom is -0.373 e. The van der Waals surface area contributed by atoms with Crippen molar-refractivity contribution >= 4 is 29.9 Å². The molecule has 0 bridgehead atoms. The van der Waals surface area contributed by atoms with Crippen LogP contribution < -0.4 is 10.6 Å². The highest BCUT2D eigenvalue weighted by Gasteiger charge is 2.29. The first-order valence-electron chi connectivity index (χ1n) is 9.03. The van der Waals surface area contributed by atoms with Crippen molar-refractivity contribution < 1.29 is 4.74 Å². The summed E-state index contributed by atoms with van der Waals surface area (Å²) in [5, 5.41) is 6.81. The number of guanidine groups is 1. The molecule has 6 heteroatoms. The summed E-state index contributed by atoms with van der Waals surface area (Å²) < 4.78 is 5.81. The lowest BCUT2D eigenvalue weighted by Gasteiger charge is -2.33. The lowest BCUT2D eigenvalue weighted by atomic mass is 10.0. The summed E-state index contributed by atoms with van der Waals surface area (Å²) in [6, 6.07) is 0.723. The van der Waals surface area contributed by atoms with Crippen LogP contribution in [0, 0.1) is 0 Å². The van der Waals surface area contributed by atoms with E-state index in [0.29, 0.717) is 0 Å².